The summed E-state index contributed by atoms with van der Waals surface area (Å²) >= 11 is 0. The van der Waals surface area contributed by atoms with Gasteiger partial charge in [0.15, 0.2) is 0 Å². The van der Waals surface area contributed by atoms with Gasteiger partial charge in [-0.05, 0) is 37.1 Å². The number of carbonyl (C=O) groups excluding carboxylic acids is 1. The maximum Gasteiger partial charge on any atom is 0.259 e. The zero-order chi connectivity index (χ0) is 13.1. The molecule has 4 heteroatoms. The summed E-state index contributed by atoms with van der Waals surface area (Å²) in [6.45, 7) is 4.16. The number of aryl methyl sites for hydroxylation is 2. The third kappa shape index (κ3) is 2.43. The summed E-state index contributed by atoms with van der Waals surface area (Å²) in [6.07, 6.45) is 1.51. The molecule has 1 aromatic heterocycles. The van der Waals surface area contributed by atoms with Crippen LogP contribution in [-0.2, 0) is 6.54 Å². The lowest BCUT2D eigenvalue weighted by Crippen LogP contribution is -2.13. The second-order valence-electron chi connectivity index (χ2n) is 4.20. The van der Waals surface area contributed by atoms with E-state index < -0.39 is 0 Å². The van der Waals surface area contributed by atoms with E-state index in [0.717, 1.165) is 16.8 Å². The van der Waals surface area contributed by atoms with Crippen molar-refractivity contribution in [3.05, 3.63) is 53.0 Å². The van der Waals surface area contributed by atoms with Crippen molar-refractivity contribution in [1.29, 1.82) is 0 Å². The lowest BCUT2D eigenvalue weighted by molar-refractivity contribution is 0.102. The zero-order valence-electron chi connectivity index (χ0n) is 10.5. The second kappa shape index (κ2) is 5.06. The molecule has 0 atom stereocenters. The van der Waals surface area contributed by atoms with E-state index >= 15 is 0 Å². The first-order valence-corrected chi connectivity index (χ1v) is 5.77. The third-order valence-corrected chi connectivity index (χ3v) is 2.89. The SMILES string of the molecule is Cc1ccc(CN)cc1NC(=O)c1ccoc1C. The van der Waals surface area contributed by atoms with E-state index in [9.17, 15) is 4.79 Å². The van der Waals surface area contributed by atoms with E-state index in [1.165, 1.54) is 6.26 Å². The number of benzene rings is 1. The summed E-state index contributed by atoms with van der Waals surface area (Å²) in [5.41, 5.74) is 8.91. The number of furan rings is 1. The number of anilines is 1. The molecule has 0 saturated carbocycles. The van der Waals surface area contributed by atoms with Crippen molar-refractivity contribution in [3.63, 3.8) is 0 Å². The summed E-state index contributed by atoms with van der Waals surface area (Å²) in [5, 5.41) is 2.87. The molecular weight excluding hydrogens is 228 g/mol. The maximum absolute atomic E-state index is 12.0. The molecule has 0 aliphatic rings. The van der Waals surface area contributed by atoms with Gasteiger partial charge in [-0.1, -0.05) is 12.1 Å². The normalized spacial score (nSPS) is 10.4. The van der Waals surface area contributed by atoms with E-state index in [4.69, 9.17) is 10.2 Å². The Hall–Kier alpha value is -2.07. The Morgan fingerprint density at radius 3 is 2.72 bits per heavy atom. The molecule has 0 aliphatic carbocycles. The number of nitrogens with one attached hydrogen (secondary N) is 1. The largest absolute Gasteiger partial charge is 0.469 e. The zero-order valence-corrected chi connectivity index (χ0v) is 10.5. The molecule has 3 N–H and O–H groups in total. The highest BCUT2D eigenvalue weighted by Gasteiger charge is 2.12. The fraction of sp³-hybridized carbons (Fsp3) is 0.214. The van der Waals surface area contributed by atoms with Gasteiger partial charge in [0.25, 0.3) is 5.91 Å². The van der Waals surface area contributed by atoms with Crippen molar-refractivity contribution in [2.45, 2.75) is 20.4 Å². The highest BCUT2D eigenvalue weighted by atomic mass is 16.3. The van der Waals surface area contributed by atoms with Crippen LogP contribution in [0.15, 0.2) is 34.9 Å². The van der Waals surface area contributed by atoms with Gasteiger partial charge in [0, 0.05) is 12.2 Å². The fourth-order valence-electron chi connectivity index (χ4n) is 1.74. The van der Waals surface area contributed by atoms with Gasteiger partial charge < -0.3 is 15.5 Å². The van der Waals surface area contributed by atoms with Gasteiger partial charge in [-0.3, -0.25) is 4.79 Å². The highest BCUT2D eigenvalue weighted by Crippen LogP contribution is 2.19. The second-order valence-corrected chi connectivity index (χ2v) is 4.20. The molecule has 0 spiro atoms. The summed E-state index contributed by atoms with van der Waals surface area (Å²) in [7, 11) is 0. The Morgan fingerprint density at radius 2 is 2.11 bits per heavy atom. The summed E-state index contributed by atoms with van der Waals surface area (Å²) in [4.78, 5) is 12.0. The molecule has 0 saturated heterocycles. The van der Waals surface area contributed by atoms with Crippen LogP contribution in [0.5, 0.6) is 0 Å². The first-order chi connectivity index (χ1) is 8.61. The number of nitrogens with two attached hydrogens (primary N) is 1. The van der Waals surface area contributed by atoms with Gasteiger partial charge in [0.05, 0.1) is 11.8 Å². The van der Waals surface area contributed by atoms with Crippen LogP contribution in [0.3, 0.4) is 0 Å². The van der Waals surface area contributed by atoms with Crippen molar-refractivity contribution in [1.82, 2.24) is 0 Å². The van der Waals surface area contributed by atoms with E-state index in [1.807, 2.05) is 25.1 Å². The molecule has 0 bridgehead atoms. The van der Waals surface area contributed by atoms with Crippen molar-refractivity contribution < 1.29 is 9.21 Å². The molecule has 0 radical (unpaired) electrons. The lowest BCUT2D eigenvalue weighted by atomic mass is 10.1. The first kappa shape index (κ1) is 12.4. The maximum atomic E-state index is 12.0. The molecule has 0 unspecified atom stereocenters. The topological polar surface area (TPSA) is 68.3 Å². The molecule has 94 valence electrons. The van der Waals surface area contributed by atoms with Gasteiger partial charge >= 0.3 is 0 Å². The molecule has 1 amide bonds. The number of amides is 1. The van der Waals surface area contributed by atoms with Crippen LogP contribution in [-0.4, -0.2) is 5.91 Å². The van der Waals surface area contributed by atoms with E-state index in [1.54, 1.807) is 13.0 Å². The molecule has 2 aromatic rings. The van der Waals surface area contributed by atoms with Crippen molar-refractivity contribution in [2.24, 2.45) is 5.73 Å². The average molecular weight is 244 g/mol. The predicted molar refractivity (Wildman–Crippen MR) is 70.5 cm³/mol. The fourth-order valence-corrected chi connectivity index (χ4v) is 1.74. The molecule has 0 fully saturated rings. The van der Waals surface area contributed by atoms with Crippen LogP contribution in [0.1, 0.15) is 27.2 Å². The van der Waals surface area contributed by atoms with Crippen LogP contribution in [0.25, 0.3) is 0 Å². The van der Waals surface area contributed by atoms with Gasteiger partial charge in [-0.25, -0.2) is 0 Å². The molecular formula is C14H16N2O2. The molecule has 4 nitrogen and oxygen atoms in total. The minimum atomic E-state index is -0.168. The summed E-state index contributed by atoms with van der Waals surface area (Å²) < 4.78 is 5.12. The number of carbonyl (C=O) groups is 1. The standard InChI is InChI=1S/C14H16N2O2/c1-9-3-4-11(8-15)7-13(9)16-14(17)12-5-6-18-10(12)2/h3-7H,8,15H2,1-2H3,(H,16,17). The van der Waals surface area contributed by atoms with E-state index in [-0.39, 0.29) is 5.91 Å². The quantitative estimate of drug-likeness (QED) is 0.872. The summed E-state index contributed by atoms with van der Waals surface area (Å²) in [5.74, 6) is 0.443. The Balaban J connectivity index is 2.24. The average Bonchev–Trinajstić information content (AvgIpc) is 2.78. The number of hydrogen-bond donors (Lipinski definition) is 2. The van der Waals surface area contributed by atoms with Crippen molar-refractivity contribution in [2.75, 3.05) is 5.32 Å². The van der Waals surface area contributed by atoms with Crippen molar-refractivity contribution >= 4 is 11.6 Å². The number of rotatable bonds is 3. The van der Waals surface area contributed by atoms with Gasteiger partial charge in [0.1, 0.15) is 5.76 Å². The van der Waals surface area contributed by atoms with Gasteiger partial charge in [-0.15, -0.1) is 0 Å². The monoisotopic (exact) mass is 244 g/mol. The predicted octanol–water partition coefficient (Wildman–Crippen LogP) is 2.61. The molecule has 0 aliphatic heterocycles. The van der Waals surface area contributed by atoms with Crippen LogP contribution in [0, 0.1) is 13.8 Å². The van der Waals surface area contributed by atoms with Gasteiger partial charge in [-0.2, -0.15) is 0 Å². The Bertz CT molecular complexity index is 573. The van der Waals surface area contributed by atoms with E-state index in [2.05, 4.69) is 5.32 Å². The minimum absolute atomic E-state index is 0.168. The van der Waals surface area contributed by atoms with Crippen LogP contribution < -0.4 is 11.1 Å². The first-order valence-electron chi connectivity index (χ1n) is 5.77. The Morgan fingerprint density at radius 1 is 1.33 bits per heavy atom. The third-order valence-electron chi connectivity index (χ3n) is 2.89. The molecule has 1 aromatic carbocycles. The Labute approximate surface area is 106 Å². The summed E-state index contributed by atoms with van der Waals surface area (Å²) in [6, 6.07) is 7.45. The van der Waals surface area contributed by atoms with Crippen LogP contribution >= 0.6 is 0 Å². The molecule has 18 heavy (non-hydrogen) atoms. The number of hydrogen-bond acceptors (Lipinski definition) is 3. The van der Waals surface area contributed by atoms with Gasteiger partial charge in [0.2, 0.25) is 0 Å². The minimum Gasteiger partial charge on any atom is -0.469 e. The Kier molecular flexibility index (Phi) is 3.48. The highest BCUT2D eigenvalue weighted by molar-refractivity contribution is 6.05. The molecule has 1 heterocycles. The van der Waals surface area contributed by atoms with Crippen LogP contribution in [0.4, 0.5) is 5.69 Å². The van der Waals surface area contributed by atoms with Crippen LogP contribution in [0.2, 0.25) is 0 Å². The lowest BCUT2D eigenvalue weighted by Gasteiger charge is -2.09. The van der Waals surface area contributed by atoms with Crippen molar-refractivity contribution in [3.8, 4) is 0 Å². The van der Waals surface area contributed by atoms with E-state index in [0.29, 0.717) is 17.9 Å². The smallest absolute Gasteiger partial charge is 0.259 e. The molecule has 2 rings (SSSR count).